The molecule has 0 bridgehead atoms. The maximum Gasteiger partial charge on any atom is 0.319 e. The SMILES string of the molecule is Cc1cccc(NC(=O)NCc2ccc(CN3C(=N)NC(C)(CC(C)C)C3=O)cc2)c1Cl. The van der Waals surface area contributed by atoms with Gasteiger partial charge >= 0.3 is 6.03 Å². The average Bonchev–Trinajstić information content (AvgIpc) is 2.93. The minimum absolute atomic E-state index is 0.0755. The maximum absolute atomic E-state index is 12.9. The van der Waals surface area contributed by atoms with Crippen molar-refractivity contribution in [2.24, 2.45) is 5.92 Å². The van der Waals surface area contributed by atoms with E-state index in [1.165, 1.54) is 4.90 Å². The van der Waals surface area contributed by atoms with Gasteiger partial charge in [-0.2, -0.15) is 0 Å². The highest BCUT2D eigenvalue weighted by molar-refractivity contribution is 6.34. The molecule has 1 atom stereocenters. The molecule has 32 heavy (non-hydrogen) atoms. The van der Waals surface area contributed by atoms with Crippen LogP contribution < -0.4 is 16.0 Å². The van der Waals surface area contributed by atoms with E-state index in [0.717, 1.165) is 16.7 Å². The second-order valence-corrected chi connectivity index (χ2v) is 9.23. The Morgan fingerprint density at radius 3 is 2.50 bits per heavy atom. The highest BCUT2D eigenvalue weighted by Crippen LogP contribution is 2.26. The van der Waals surface area contributed by atoms with Gasteiger partial charge in [-0.25, -0.2) is 4.79 Å². The molecule has 1 heterocycles. The van der Waals surface area contributed by atoms with Crippen molar-refractivity contribution < 1.29 is 9.59 Å². The lowest BCUT2D eigenvalue weighted by Gasteiger charge is -2.24. The van der Waals surface area contributed by atoms with Crippen molar-refractivity contribution in [3.8, 4) is 0 Å². The van der Waals surface area contributed by atoms with Gasteiger partial charge in [-0.1, -0.05) is 61.8 Å². The Hall–Kier alpha value is -3.06. The van der Waals surface area contributed by atoms with Crippen molar-refractivity contribution in [2.75, 3.05) is 5.32 Å². The minimum Gasteiger partial charge on any atom is -0.342 e. The molecule has 1 aliphatic heterocycles. The van der Waals surface area contributed by atoms with Crippen LogP contribution in [0.25, 0.3) is 0 Å². The van der Waals surface area contributed by atoms with Crippen molar-refractivity contribution in [3.63, 3.8) is 0 Å². The Balaban J connectivity index is 1.55. The number of amides is 3. The van der Waals surface area contributed by atoms with E-state index in [9.17, 15) is 9.59 Å². The number of hydrogen-bond donors (Lipinski definition) is 4. The molecule has 0 radical (unpaired) electrons. The summed E-state index contributed by atoms with van der Waals surface area (Å²) in [6.07, 6.45) is 0.672. The summed E-state index contributed by atoms with van der Waals surface area (Å²) in [4.78, 5) is 26.6. The first-order chi connectivity index (χ1) is 15.1. The number of hydrogen-bond acceptors (Lipinski definition) is 3. The summed E-state index contributed by atoms with van der Waals surface area (Å²) >= 11 is 6.21. The standard InChI is InChI=1S/C24H30ClN5O2/c1-15(2)12-24(4)21(31)30(22(26)29-24)14-18-10-8-17(9-11-18)13-27-23(32)28-19-7-5-6-16(3)20(19)25/h5-11,15H,12-14H2,1-4H3,(H2,26,29)(H2,27,28,32). The molecule has 0 aromatic heterocycles. The molecule has 3 amide bonds. The van der Waals surface area contributed by atoms with Crippen LogP contribution >= 0.6 is 11.6 Å². The normalized spacial score (nSPS) is 18.1. The van der Waals surface area contributed by atoms with Crippen molar-refractivity contribution in [1.29, 1.82) is 5.41 Å². The van der Waals surface area contributed by atoms with Crippen LogP contribution in [0.2, 0.25) is 5.02 Å². The van der Waals surface area contributed by atoms with Gasteiger partial charge < -0.3 is 16.0 Å². The molecule has 4 N–H and O–H groups in total. The second kappa shape index (κ2) is 9.61. The summed E-state index contributed by atoms with van der Waals surface area (Å²) in [6.45, 7) is 8.54. The molecule has 1 saturated heterocycles. The van der Waals surface area contributed by atoms with Crippen LogP contribution in [-0.4, -0.2) is 28.3 Å². The van der Waals surface area contributed by atoms with Crippen LogP contribution in [0.15, 0.2) is 42.5 Å². The zero-order valence-electron chi connectivity index (χ0n) is 18.9. The molecule has 0 saturated carbocycles. The molecule has 8 heteroatoms. The van der Waals surface area contributed by atoms with Crippen LogP contribution in [0.3, 0.4) is 0 Å². The molecule has 3 rings (SSSR count). The number of benzene rings is 2. The number of nitrogens with one attached hydrogen (secondary N) is 4. The van der Waals surface area contributed by atoms with Gasteiger partial charge in [-0.3, -0.25) is 15.1 Å². The number of rotatable bonds is 7. The first-order valence-electron chi connectivity index (χ1n) is 10.7. The quantitative estimate of drug-likeness (QED) is 0.489. The largest absolute Gasteiger partial charge is 0.342 e. The molecule has 0 aliphatic carbocycles. The second-order valence-electron chi connectivity index (χ2n) is 8.86. The zero-order valence-corrected chi connectivity index (χ0v) is 19.6. The van der Waals surface area contributed by atoms with Crippen molar-refractivity contribution in [2.45, 2.75) is 52.7 Å². The summed E-state index contributed by atoms with van der Waals surface area (Å²) in [6, 6.07) is 12.7. The maximum atomic E-state index is 12.9. The van der Waals surface area contributed by atoms with Crippen LogP contribution in [0.4, 0.5) is 10.5 Å². The van der Waals surface area contributed by atoms with Gasteiger partial charge in [-0.05, 0) is 48.9 Å². The number of nitrogens with zero attached hydrogens (tertiary/aromatic N) is 1. The van der Waals surface area contributed by atoms with Gasteiger partial charge in [0.2, 0.25) is 0 Å². The molecule has 1 fully saturated rings. The zero-order chi connectivity index (χ0) is 23.5. The Morgan fingerprint density at radius 2 is 1.84 bits per heavy atom. The smallest absolute Gasteiger partial charge is 0.319 e. The lowest BCUT2D eigenvalue weighted by Crippen LogP contribution is -2.44. The van der Waals surface area contributed by atoms with E-state index in [-0.39, 0.29) is 17.9 Å². The molecule has 1 unspecified atom stereocenters. The van der Waals surface area contributed by atoms with Crippen LogP contribution in [0.1, 0.15) is 43.9 Å². The van der Waals surface area contributed by atoms with E-state index in [2.05, 4.69) is 29.8 Å². The number of carbonyl (C=O) groups excluding carboxylic acids is 2. The Labute approximate surface area is 194 Å². The summed E-state index contributed by atoms with van der Waals surface area (Å²) in [7, 11) is 0. The van der Waals surface area contributed by atoms with Crippen LogP contribution in [-0.2, 0) is 17.9 Å². The Kier molecular flexibility index (Phi) is 7.09. The summed E-state index contributed by atoms with van der Waals surface area (Å²) in [5.74, 6) is 0.402. The fraction of sp³-hybridized carbons (Fsp3) is 0.375. The predicted octanol–water partition coefficient (Wildman–Crippen LogP) is 4.64. The number of anilines is 1. The Bertz CT molecular complexity index is 1020. The number of carbonyl (C=O) groups is 2. The van der Waals surface area contributed by atoms with E-state index < -0.39 is 5.54 Å². The minimum atomic E-state index is -0.733. The average molecular weight is 456 g/mol. The summed E-state index contributed by atoms with van der Waals surface area (Å²) in [5, 5.41) is 17.3. The van der Waals surface area contributed by atoms with Gasteiger partial charge in [-0.15, -0.1) is 0 Å². The third kappa shape index (κ3) is 5.40. The fourth-order valence-electron chi connectivity index (χ4n) is 3.93. The highest BCUT2D eigenvalue weighted by atomic mass is 35.5. The molecular formula is C24H30ClN5O2. The van der Waals surface area contributed by atoms with Crippen molar-refractivity contribution >= 4 is 35.2 Å². The van der Waals surface area contributed by atoms with E-state index in [1.54, 1.807) is 6.07 Å². The van der Waals surface area contributed by atoms with Gasteiger partial charge in [0, 0.05) is 6.54 Å². The first kappa shape index (κ1) is 23.6. The first-order valence-corrected chi connectivity index (χ1v) is 11.0. The third-order valence-electron chi connectivity index (χ3n) is 5.45. The number of aryl methyl sites for hydroxylation is 1. The summed E-state index contributed by atoms with van der Waals surface area (Å²) < 4.78 is 0. The predicted molar refractivity (Wildman–Crippen MR) is 128 cm³/mol. The molecule has 2 aromatic carbocycles. The van der Waals surface area contributed by atoms with Crippen molar-refractivity contribution in [3.05, 3.63) is 64.2 Å². The molecular weight excluding hydrogens is 426 g/mol. The van der Waals surface area contributed by atoms with Crippen LogP contribution in [0, 0.1) is 18.3 Å². The topological polar surface area (TPSA) is 97.3 Å². The van der Waals surface area contributed by atoms with Gasteiger partial charge in [0.15, 0.2) is 5.96 Å². The summed E-state index contributed by atoms with van der Waals surface area (Å²) in [5.41, 5.74) is 2.56. The number of guanidine groups is 1. The fourth-order valence-corrected chi connectivity index (χ4v) is 4.10. The number of urea groups is 1. The Morgan fingerprint density at radius 1 is 1.19 bits per heavy atom. The van der Waals surface area contributed by atoms with Gasteiger partial charge in [0.1, 0.15) is 5.54 Å². The molecule has 7 nitrogen and oxygen atoms in total. The third-order valence-corrected chi connectivity index (χ3v) is 5.96. The van der Waals surface area contributed by atoms with Crippen molar-refractivity contribution in [1.82, 2.24) is 15.5 Å². The number of halogens is 1. The van der Waals surface area contributed by atoms with E-state index >= 15 is 0 Å². The monoisotopic (exact) mass is 455 g/mol. The van der Waals surface area contributed by atoms with Gasteiger partial charge in [0.25, 0.3) is 5.91 Å². The van der Waals surface area contributed by atoms with Crippen LogP contribution in [0.5, 0.6) is 0 Å². The lowest BCUT2D eigenvalue weighted by molar-refractivity contribution is -0.131. The van der Waals surface area contributed by atoms with E-state index in [1.807, 2.05) is 50.2 Å². The lowest BCUT2D eigenvalue weighted by atomic mass is 9.91. The van der Waals surface area contributed by atoms with E-state index in [0.29, 0.717) is 36.1 Å². The molecule has 0 spiro atoms. The molecule has 2 aromatic rings. The van der Waals surface area contributed by atoms with E-state index in [4.69, 9.17) is 17.0 Å². The highest BCUT2D eigenvalue weighted by Gasteiger charge is 2.45. The van der Waals surface area contributed by atoms with Gasteiger partial charge in [0.05, 0.1) is 17.3 Å². The molecule has 170 valence electrons. The molecule has 1 aliphatic rings.